The first kappa shape index (κ1) is 20.6. The molecule has 0 spiro atoms. The lowest BCUT2D eigenvalue weighted by Crippen LogP contribution is -2.32. The molecule has 1 amide bonds. The summed E-state index contributed by atoms with van der Waals surface area (Å²) in [6.45, 7) is 1.90. The van der Waals surface area contributed by atoms with Crippen molar-refractivity contribution in [3.8, 4) is 17.4 Å². The van der Waals surface area contributed by atoms with Gasteiger partial charge in [-0.1, -0.05) is 36.7 Å². The molecule has 1 N–H and O–H groups in total. The number of hydrogen-bond donors (Lipinski definition) is 1. The molecule has 4 rings (SSSR count). The number of hydrogen-bond acceptors (Lipinski definition) is 5. The van der Waals surface area contributed by atoms with Crippen molar-refractivity contribution in [3.63, 3.8) is 0 Å². The fraction of sp³-hybridized carbons (Fsp3) is 0.125. The molecule has 0 aliphatic heterocycles. The predicted molar refractivity (Wildman–Crippen MR) is 121 cm³/mol. The second kappa shape index (κ2) is 9.45. The van der Waals surface area contributed by atoms with Crippen LogP contribution >= 0.6 is 11.6 Å². The van der Waals surface area contributed by atoms with E-state index in [1.807, 2.05) is 37.3 Å². The lowest BCUT2D eigenvalue weighted by Gasteiger charge is -2.17. The quantitative estimate of drug-likeness (QED) is 0.394. The smallest absolute Gasteiger partial charge is 0.265 e. The molecule has 0 fully saturated rings. The number of rotatable bonds is 7. The van der Waals surface area contributed by atoms with Gasteiger partial charge in [0, 0.05) is 10.7 Å². The van der Waals surface area contributed by atoms with Crippen molar-refractivity contribution >= 4 is 34.2 Å². The second-order valence-corrected chi connectivity index (χ2v) is 7.22. The van der Waals surface area contributed by atoms with Crippen LogP contribution < -0.4 is 14.8 Å². The van der Waals surface area contributed by atoms with Crippen molar-refractivity contribution in [1.29, 1.82) is 0 Å². The fourth-order valence-electron chi connectivity index (χ4n) is 2.95. The van der Waals surface area contributed by atoms with E-state index in [1.54, 1.807) is 48.7 Å². The molecule has 31 heavy (non-hydrogen) atoms. The number of halogens is 1. The zero-order valence-corrected chi connectivity index (χ0v) is 17.5. The molecule has 1 aromatic heterocycles. The summed E-state index contributed by atoms with van der Waals surface area (Å²) in [6.07, 6.45) is 1.47. The van der Waals surface area contributed by atoms with Crippen molar-refractivity contribution in [2.24, 2.45) is 0 Å². The monoisotopic (exact) mass is 433 g/mol. The number of carbonyl (C=O) groups excluding carboxylic acids is 1. The Kier molecular flexibility index (Phi) is 6.29. The first-order valence-corrected chi connectivity index (χ1v) is 10.2. The summed E-state index contributed by atoms with van der Waals surface area (Å²) in [4.78, 5) is 21.3. The zero-order valence-electron chi connectivity index (χ0n) is 16.8. The largest absolute Gasteiger partial charge is 0.481 e. The van der Waals surface area contributed by atoms with Gasteiger partial charge in [0.1, 0.15) is 11.5 Å². The van der Waals surface area contributed by atoms with Gasteiger partial charge in [0.15, 0.2) is 6.10 Å². The van der Waals surface area contributed by atoms with Crippen LogP contribution in [0, 0.1) is 0 Å². The number of nitrogens with one attached hydrogen (secondary N) is 1. The third-order valence-electron chi connectivity index (χ3n) is 4.51. The van der Waals surface area contributed by atoms with Crippen molar-refractivity contribution < 1.29 is 14.3 Å². The average Bonchev–Trinajstić information content (AvgIpc) is 2.79. The molecule has 0 saturated heterocycles. The van der Waals surface area contributed by atoms with Gasteiger partial charge in [-0.3, -0.25) is 4.79 Å². The van der Waals surface area contributed by atoms with Gasteiger partial charge in [0.2, 0.25) is 5.88 Å². The van der Waals surface area contributed by atoms with Crippen molar-refractivity contribution in [2.45, 2.75) is 19.4 Å². The number of nitrogens with zero attached hydrogens (tertiary/aromatic N) is 2. The van der Waals surface area contributed by atoms with Crippen LogP contribution in [0.4, 0.5) is 5.69 Å². The van der Waals surface area contributed by atoms with Gasteiger partial charge < -0.3 is 14.8 Å². The predicted octanol–water partition coefficient (Wildman–Crippen LogP) is 5.87. The van der Waals surface area contributed by atoms with Gasteiger partial charge in [0.05, 0.1) is 17.2 Å². The molecule has 4 aromatic rings. The van der Waals surface area contributed by atoms with Crippen LogP contribution in [-0.2, 0) is 4.79 Å². The maximum Gasteiger partial charge on any atom is 0.265 e. The van der Waals surface area contributed by atoms with E-state index in [9.17, 15) is 4.79 Å². The van der Waals surface area contributed by atoms with Crippen LogP contribution in [0.1, 0.15) is 13.3 Å². The Bertz CT molecular complexity index is 1180. The summed E-state index contributed by atoms with van der Waals surface area (Å²) in [7, 11) is 0. The Morgan fingerprint density at radius 2 is 1.74 bits per heavy atom. The highest BCUT2D eigenvalue weighted by Crippen LogP contribution is 2.25. The van der Waals surface area contributed by atoms with E-state index in [0.717, 1.165) is 5.69 Å². The van der Waals surface area contributed by atoms with E-state index in [1.165, 1.54) is 0 Å². The molecular weight excluding hydrogens is 414 g/mol. The molecule has 0 saturated carbocycles. The Morgan fingerprint density at radius 1 is 1.00 bits per heavy atom. The summed E-state index contributed by atoms with van der Waals surface area (Å²) in [5.41, 5.74) is 2.12. The summed E-state index contributed by atoms with van der Waals surface area (Å²) in [5.74, 6) is 1.33. The normalized spacial score (nSPS) is 11.7. The molecule has 0 aliphatic carbocycles. The maximum atomic E-state index is 12.5. The van der Waals surface area contributed by atoms with Crippen LogP contribution in [0.2, 0.25) is 5.02 Å². The molecule has 7 heteroatoms. The summed E-state index contributed by atoms with van der Waals surface area (Å²) >= 11 is 5.97. The van der Waals surface area contributed by atoms with Gasteiger partial charge in [-0.05, 0) is 61.0 Å². The van der Waals surface area contributed by atoms with E-state index in [-0.39, 0.29) is 5.91 Å². The third kappa shape index (κ3) is 5.29. The summed E-state index contributed by atoms with van der Waals surface area (Å²) < 4.78 is 11.7. The van der Waals surface area contributed by atoms with Gasteiger partial charge >= 0.3 is 0 Å². The molecule has 0 aliphatic rings. The highest BCUT2D eigenvalue weighted by molar-refractivity contribution is 6.31. The molecule has 1 atom stereocenters. The third-order valence-corrected chi connectivity index (χ3v) is 4.75. The standard InChI is InChI=1S/C24H20ClN3O3/c1-2-22(24(29)27-17-6-4-3-5-7-17)30-18-9-11-19(12-10-18)31-23-15-26-21-14-16(25)8-13-20(21)28-23/h3-15,22H,2H2,1H3,(H,27,29). The van der Waals surface area contributed by atoms with Gasteiger partial charge in [-0.2, -0.15) is 0 Å². The number of ether oxygens (including phenoxy) is 2. The first-order valence-electron chi connectivity index (χ1n) is 9.83. The Balaban J connectivity index is 1.40. The van der Waals surface area contributed by atoms with Gasteiger partial charge in [-0.15, -0.1) is 0 Å². The van der Waals surface area contributed by atoms with Crippen molar-refractivity contribution in [1.82, 2.24) is 9.97 Å². The number of benzene rings is 3. The van der Waals surface area contributed by atoms with Gasteiger partial charge in [0.25, 0.3) is 5.91 Å². The minimum absolute atomic E-state index is 0.194. The highest BCUT2D eigenvalue weighted by Gasteiger charge is 2.18. The van der Waals surface area contributed by atoms with Crippen LogP contribution in [0.25, 0.3) is 11.0 Å². The van der Waals surface area contributed by atoms with Crippen LogP contribution in [0.5, 0.6) is 17.4 Å². The topological polar surface area (TPSA) is 73.3 Å². The SMILES string of the molecule is CCC(Oc1ccc(Oc2cnc3cc(Cl)ccc3n2)cc1)C(=O)Nc1ccccc1. The number of anilines is 1. The molecule has 0 bridgehead atoms. The molecule has 3 aromatic carbocycles. The highest BCUT2D eigenvalue weighted by atomic mass is 35.5. The summed E-state index contributed by atoms with van der Waals surface area (Å²) in [5, 5.41) is 3.47. The molecule has 1 unspecified atom stereocenters. The molecule has 6 nitrogen and oxygen atoms in total. The van der Waals surface area contributed by atoms with Crippen molar-refractivity contribution in [2.75, 3.05) is 5.32 Å². The van der Waals surface area contributed by atoms with Gasteiger partial charge in [-0.25, -0.2) is 9.97 Å². The second-order valence-electron chi connectivity index (χ2n) is 6.78. The van der Waals surface area contributed by atoms with E-state index in [2.05, 4.69) is 15.3 Å². The lowest BCUT2D eigenvalue weighted by molar-refractivity contribution is -0.122. The number of para-hydroxylation sites is 1. The van der Waals surface area contributed by atoms with E-state index in [0.29, 0.717) is 39.9 Å². The molecule has 156 valence electrons. The molecular formula is C24H20ClN3O3. The Morgan fingerprint density at radius 3 is 2.48 bits per heavy atom. The maximum absolute atomic E-state index is 12.5. The minimum atomic E-state index is -0.606. The van der Waals surface area contributed by atoms with E-state index in [4.69, 9.17) is 21.1 Å². The van der Waals surface area contributed by atoms with Crippen LogP contribution in [0.15, 0.2) is 79.0 Å². The number of carbonyl (C=O) groups is 1. The minimum Gasteiger partial charge on any atom is -0.481 e. The van der Waals surface area contributed by atoms with E-state index >= 15 is 0 Å². The fourth-order valence-corrected chi connectivity index (χ4v) is 3.12. The zero-order chi connectivity index (χ0) is 21.6. The number of fused-ring (bicyclic) bond motifs is 1. The average molecular weight is 434 g/mol. The van der Waals surface area contributed by atoms with E-state index < -0.39 is 6.10 Å². The number of amides is 1. The van der Waals surface area contributed by atoms with Crippen molar-refractivity contribution in [3.05, 3.63) is 84.0 Å². The van der Waals surface area contributed by atoms with Crippen LogP contribution in [0.3, 0.4) is 0 Å². The lowest BCUT2D eigenvalue weighted by atomic mass is 10.2. The Labute approximate surface area is 184 Å². The molecule has 0 radical (unpaired) electrons. The first-order chi connectivity index (χ1) is 15.1. The summed E-state index contributed by atoms with van der Waals surface area (Å²) in [6, 6.07) is 21.6. The molecule has 1 heterocycles. The number of aromatic nitrogens is 2. The Hall–Kier alpha value is -3.64. The van der Waals surface area contributed by atoms with Crippen LogP contribution in [-0.4, -0.2) is 22.0 Å².